The lowest BCUT2D eigenvalue weighted by Crippen LogP contribution is -2.11. The lowest BCUT2D eigenvalue weighted by atomic mass is 10.3. The SMILES string of the molecule is Cc1cc(Nc2ccc(F)c(Cl)c2)nc(NN)n1. The maximum absolute atomic E-state index is 13.0. The molecule has 0 fully saturated rings. The van der Waals surface area contributed by atoms with Gasteiger partial charge in [0.1, 0.15) is 11.6 Å². The van der Waals surface area contributed by atoms with E-state index < -0.39 is 5.82 Å². The highest BCUT2D eigenvalue weighted by Gasteiger charge is 2.04. The van der Waals surface area contributed by atoms with Crippen LogP contribution in [0.3, 0.4) is 0 Å². The Bertz CT molecular complexity index is 575. The first kappa shape index (κ1) is 12.5. The zero-order chi connectivity index (χ0) is 13.1. The van der Waals surface area contributed by atoms with Gasteiger partial charge in [0.05, 0.1) is 5.02 Å². The third-order valence-electron chi connectivity index (χ3n) is 2.18. The van der Waals surface area contributed by atoms with E-state index in [9.17, 15) is 4.39 Å². The standard InChI is InChI=1S/C11H11ClFN5/c1-6-4-10(17-11(15-6)18-14)16-7-2-3-9(13)8(12)5-7/h2-5H,14H2,1H3,(H2,15,16,17,18). The molecule has 0 radical (unpaired) electrons. The van der Waals surface area contributed by atoms with Gasteiger partial charge in [0.25, 0.3) is 0 Å². The van der Waals surface area contributed by atoms with Crippen LogP contribution in [-0.2, 0) is 0 Å². The summed E-state index contributed by atoms with van der Waals surface area (Å²) in [7, 11) is 0. The Morgan fingerprint density at radius 3 is 2.72 bits per heavy atom. The van der Waals surface area contributed by atoms with Crippen LogP contribution in [0.5, 0.6) is 0 Å². The number of aryl methyl sites for hydroxylation is 1. The summed E-state index contributed by atoms with van der Waals surface area (Å²) in [6, 6.07) is 6.05. The third kappa shape index (κ3) is 2.85. The van der Waals surface area contributed by atoms with Gasteiger partial charge in [-0.15, -0.1) is 0 Å². The van der Waals surface area contributed by atoms with Crippen LogP contribution in [0.1, 0.15) is 5.69 Å². The highest BCUT2D eigenvalue weighted by molar-refractivity contribution is 6.31. The van der Waals surface area contributed by atoms with Gasteiger partial charge < -0.3 is 5.32 Å². The van der Waals surface area contributed by atoms with Gasteiger partial charge in [0.15, 0.2) is 0 Å². The fourth-order valence-electron chi connectivity index (χ4n) is 1.42. The minimum Gasteiger partial charge on any atom is -0.340 e. The van der Waals surface area contributed by atoms with Crippen molar-refractivity contribution in [2.24, 2.45) is 5.84 Å². The molecule has 0 spiro atoms. The van der Waals surface area contributed by atoms with Gasteiger partial charge in [-0.05, 0) is 25.1 Å². The smallest absolute Gasteiger partial charge is 0.239 e. The molecule has 5 nitrogen and oxygen atoms in total. The Hall–Kier alpha value is -1.92. The fourth-order valence-corrected chi connectivity index (χ4v) is 1.60. The van der Waals surface area contributed by atoms with Crippen molar-refractivity contribution in [1.82, 2.24) is 9.97 Å². The Morgan fingerprint density at radius 1 is 1.28 bits per heavy atom. The number of nitrogens with zero attached hydrogens (tertiary/aromatic N) is 2. The van der Waals surface area contributed by atoms with E-state index in [0.717, 1.165) is 5.69 Å². The summed E-state index contributed by atoms with van der Waals surface area (Å²) in [6.45, 7) is 1.81. The summed E-state index contributed by atoms with van der Waals surface area (Å²) in [5.41, 5.74) is 3.74. The molecule has 0 saturated heterocycles. The second-order valence-corrected chi connectivity index (χ2v) is 4.02. The van der Waals surface area contributed by atoms with Crippen LogP contribution in [0.25, 0.3) is 0 Å². The first-order valence-corrected chi connectivity index (χ1v) is 5.50. The molecule has 0 atom stereocenters. The number of hydrogen-bond donors (Lipinski definition) is 3. The number of nitrogens with one attached hydrogen (secondary N) is 2. The van der Waals surface area contributed by atoms with Gasteiger partial charge in [-0.1, -0.05) is 11.6 Å². The number of hydrogen-bond acceptors (Lipinski definition) is 5. The summed E-state index contributed by atoms with van der Waals surface area (Å²) in [5.74, 6) is 5.62. The third-order valence-corrected chi connectivity index (χ3v) is 2.46. The number of halogens is 2. The minimum absolute atomic E-state index is 0.0444. The van der Waals surface area contributed by atoms with Crippen molar-refractivity contribution in [2.75, 3.05) is 10.7 Å². The van der Waals surface area contributed by atoms with E-state index in [1.165, 1.54) is 12.1 Å². The quantitative estimate of drug-likeness (QED) is 0.589. The predicted octanol–water partition coefficient (Wildman–Crippen LogP) is 2.61. The Balaban J connectivity index is 2.27. The fraction of sp³-hybridized carbons (Fsp3) is 0.0909. The van der Waals surface area contributed by atoms with Crippen LogP contribution in [0, 0.1) is 12.7 Å². The number of benzene rings is 1. The van der Waals surface area contributed by atoms with E-state index >= 15 is 0 Å². The molecule has 1 aromatic carbocycles. The number of nitrogens with two attached hydrogens (primary N) is 1. The highest BCUT2D eigenvalue weighted by atomic mass is 35.5. The molecule has 0 bridgehead atoms. The van der Waals surface area contributed by atoms with Crippen LogP contribution in [0.2, 0.25) is 5.02 Å². The van der Waals surface area contributed by atoms with E-state index in [1.807, 2.05) is 6.92 Å². The van der Waals surface area contributed by atoms with E-state index in [1.54, 1.807) is 12.1 Å². The maximum Gasteiger partial charge on any atom is 0.239 e. The van der Waals surface area contributed by atoms with Crippen molar-refractivity contribution in [1.29, 1.82) is 0 Å². The molecular formula is C11H11ClFN5. The van der Waals surface area contributed by atoms with Crippen molar-refractivity contribution in [3.63, 3.8) is 0 Å². The minimum atomic E-state index is -0.467. The number of hydrazine groups is 1. The number of nitrogen functional groups attached to an aromatic ring is 1. The van der Waals surface area contributed by atoms with Gasteiger partial charge in [0, 0.05) is 17.4 Å². The molecule has 0 aliphatic rings. The summed E-state index contributed by atoms with van der Waals surface area (Å²) in [6.07, 6.45) is 0. The van der Waals surface area contributed by atoms with Crippen LogP contribution >= 0.6 is 11.6 Å². The molecule has 0 aliphatic heterocycles. The van der Waals surface area contributed by atoms with E-state index in [-0.39, 0.29) is 5.02 Å². The van der Waals surface area contributed by atoms with Gasteiger partial charge in [-0.3, -0.25) is 5.43 Å². The molecule has 18 heavy (non-hydrogen) atoms. The number of aromatic nitrogens is 2. The molecule has 0 amide bonds. The van der Waals surface area contributed by atoms with E-state index in [2.05, 4.69) is 20.7 Å². The predicted molar refractivity (Wildman–Crippen MR) is 69.3 cm³/mol. The normalized spacial score (nSPS) is 10.2. The first-order chi connectivity index (χ1) is 8.58. The van der Waals surface area contributed by atoms with Crippen molar-refractivity contribution in [3.8, 4) is 0 Å². The number of rotatable bonds is 3. The highest BCUT2D eigenvalue weighted by Crippen LogP contribution is 2.22. The molecule has 1 heterocycles. The van der Waals surface area contributed by atoms with Gasteiger partial charge in [0.2, 0.25) is 5.95 Å². The van der Waals surface area contributed by atoms with Crippen LogP contribution in [0.4, 0.5) is 21.8 Å². The van der Waals surface area contributed by atoms with Crippen LogP contribution in [0.15, 0.2) is 24.3 Å². The first-order valence-electron chi connectivity index (χ1n) is 5.13. The second-order valence-electron chi connectivity index (χ2n) is 3.62. The topological polar surface area (TPSA) is 75.9 Å². The molecule has 0 saturated carbocycles. The molecule has 1 aromatic heterocycles. The molecule has 7 heteroatoms. The van der Waals surface area contributed by atoms with Crippen molar-refractivity contribution in [2.45, 2.75) is 6.92 Å². The van der Waals surface area contributed by atoms with Crippen LogP contribution in [-0.4, -0.2) is 9.97 Å². The van der Waals surface area contributed by atoms with Crippen molar-refractivity contribution >= 4 is 29.1 Å². The summed E-state index contributed by atoms with van der Waals surface area (Å²) in [5, 5.41) is 3.03. The average Bonchev–Trinajstić information content (AvgIpc) is 2.33. The molecule has 2 aromatic rings. The Kier molecular flexibility index (Phi) is 3.59. The monoisotopic (exact) mass is 267 g/mol. The Labute approximate surface area is 108 Å². The van der Waals surface area contributed by atoms with Gasteiger partial charge in [-0.2, -0.15) is 4.98 Å². The summed E-state index contributed by atoms with van der Waals surface area (Å²) in [4.78, 5) is 8.16. The molecule has 4 N–H and O–H groups in total. The zero-order valence-electron chi connectivity index (χ0n) is 9.54. The molecular weight excluding hydrogens is 257 g/mol. The lowest BCUT2D eigenvalue weighted by molar-refractivity contribution is 0.628. The van der Waals surface area contributed by atoms with E-state index in [0.29, 0.717) is 17.5 Å². The second kappa shape index (κ2) is 5.16. The summed E-state index contributed by atoms with van der Waals surface area (Å²) < 4.78 is 13.0. The molecule has 2 rings (SSSR count). The number of anilines is 3. The van der Waals surface area contributed by atoms with E-state index in [4.69, 9.17) is 17.4 Å². The molecule has 0 unspecified atom stereocenters. The average molecular weight is 268 g/mol. The van der Waals surface area contributed by atoms with Gasteiger partial charge in [-0.25, -0.2) is 15.2 Å². The zero-order valence-corrected chi connectivity index (χ0v) is 10.3. The Morgan fingerprint density at radius 2 is 2.06 bits per heavy atom. The maximum atomic E-state index is 13.0. The van der Waals surface area contributed by atoms with Crippen molar-refractivity contribution in [3.05, 3.63) is 40.8 Å². The molecule has 94 valence electrons. The van der Waals surface area contributed by atoms with Gasteiger partial charge >= 0.3 is 0 Å². The van der Waals surface area contributed by atoms with Crippen molar-refractivity contribution < 1.29 is 4.39 Å². The summed E-state index contributed by atoms with van der Waals surface area (Å²) >= 11 is 5.69. The van der Waals surface area contributed by atoms with Crippen LogP contribution < -0.4 is 16.6 Å². The molecule has 0 aliphatic carbocycles. The lowest BCUT2D eigenvalue weighted by Gasteiger charge is -2.08. The largest absolute Gasteiger partial charge is 0.340 e.